The van der Waals surface area contributed by atoms with Gasteiger partial charge in [-0.25, -0.2) is 0 Å². The molecular weight excluding hydrogens is 528 g/mol. The highest BCUT2D eigenvalue weighted by Crippen LogP contribution is 2.30. The Morgan fingerprint density at radius 1 is 0.829 bits per heavy atom. The smallest absolute Gasteiger partial charge is 0.227 e. The lowest BCUT2D eigenvalue weighted by Crippen LogP contribution is -2.29. The van der Waals surface area contributed by atoms with Gasteiger partial charge in [-0.1, -0.05) is 103 Å². The summed E-state index contributed by atoms with van der Waals surface area (Å²) < 4.78 is 11.7. The molecule has 226 valence electrons. The molecule has 3 rings (SSSR count). The molecule has 0 bridgehead atoms. The minimum absolute atomic E-state index is 0.103. The van der Waals surface area contributed by atoms with Crippen molar-refractivity contribution in [2.45, 2.75) is 110 Å². The number of benzene rings is 2. The lowest BCUT2D eigenvalue weighted by molar-refractivity contribution is -0.118. The molecule has 5 nitrogen and oxygen atoms in total. The Morgan fingerprint density at radius 2 is 1.46 bits per heavy atom. The number of carbonyl (C=O) groups is 1. The van der Waals surface area contributed by atoms with Crippen molar-refractivity contribution in [3.05, 3.63) is 65.2 Å². The number of amides is 1. The number of unbranched alkanes of at least 4 members (excludes halogenated alkanes) is 11. The molecule has 0 N–H and O–H groups in total. The van der Waals surface area contributed by atoms with E-state index in [0.29, 0.717) is 19.6 Å². The number of hydrogen-bond donors (Lipinski definition) is 0. The van der Waals surface area contributed by atoms with Gasteiger partial charge in [-0.05, 0) is 47.2 Å². The molecule has 0 spiro atoms. The van der Waals surface area contributed by atoms with Gasteiger partial charge in [0.15, 0.2) is 11.5 Å². The SMILES string of the molecule is CCCCCCCCCCCCCCOc1cc(CN(C(=O)CC)c2ccc(CN3C=CSC3)cc2)ccc1OC. The first-order chi connectivity index (χ1) is 20.1. The highest BCUT2D eigenvalue weighted by Gasteiger charge is 2.17. The van der Waals surface area contributed by atoms with Gasteiger partial charge in [0, 0.05) is 24.9 Å². The fraction of sp³-hybridized carbons (Fsp3) is 0.571. The fourth-order valence-corrected chi connectivity index (χ4v) is 5.89. The number of methoxy groups -OCH3 is 1. The Labute approximate surface area is 253 Å². The van der Waals surface area contributed by atoms with Crippen molar-refractivity contribution in [3.8, 4) is 11.5 Å². The van der Waals surface area contributed by atoms with Crippen LogP contribution < -0.4 is 14.4 Å². The third-order valence-electron chi connectivity index (χ3n) is 7.67. The maximum Gasteiger partial charge on any atom is 0.227 e. The maximum atomic E-state index is 12.9. The van der Waals surface area contributed by atoms with Gasteiger partial charge in [-0.15, -0.1) is 11.8 Å². The lowest BCUT2D eigenvalue weighted by atomic mass is 10.1. The third-order valence-corrected chi connectivity index (χ3v) is 8.46. The van der Waals surface area contributed by atoms with Gasteiger partial charge >= 0.3 is 0 Å². The molecule has 6 heteroatoms. The first-order valence-corrected chi connectivity index (χ1v) is 16.9. The highest BCUT2D eigenvalue weighted by atomic mass is 32.2. The van der Waals surface area contributed by atoms with E-state index in [4.69, 9.17) is 9.47 Å². The van der Waals surface area contributed by atoms with Crippen molar-refractivity contribution in [1.82, 2.24) is 4.90 Å². The monoisotopic (exact) mass is 580 g/mol. The quantitative estimate of drug-likeness (QED) is 0.138. The second kappa shape index (κ2) is 19.5. The summed E-state index contributed by atoms with van der Waals surface area (Å²) in [4.78, 5) is 17.1. The Morgan fingerprint density at radius 3 is 2.05 bits per heavy atom. The molecule has 0 saturated carbocycles. The molecule has 1 aliphatic rings. The Hall–Kier alpha value is -2.60. The summed E-state index contributed by atoms with van der Waals surface area (Å²) in [5, 5.41) is 2.13. The molecule has 1 heterocycles. The minimum atomic E-state index is 0.103. The Bertz CT molecular complexity index is 1040. The van der Waals surface area contributed by atoms with Crippen LogP contribution in [-0.2, 0) is 17.9 Å². The van der Waals surface area contributed by atoms with E-state index >= 15 is 0 Å². The first kappa shape index (κ1) is 32.9. The van der Waals surface area contributed by atoms with Gasteiger partial charge in [0.2, 0.25) is 5.91 Å². The molecule has 0 atom stereocenters. The average Bonchev–Trinajstić information content (AvgIpc) is 3.51. The van der Waals surface area contributed by atoms with Gasteiger partial charge in [0.1, 0.15) is 0 Å². The molecule has 0 aromatic heterocycles. The van der Waals surface area contributed by atoms with E-state index in [0.717, 1.165) is 41.6 Å². The van der Waals surface area contributed by atoms with Crippen LogP contribution in [0.4, 0.5) is 5.69 Å². The zero-order chi connectivity index (χ0) is 29.1. The van der Waals surface area contributed by atoms with Gasteiger partial charge in [-0.2, -0.15) is 0 Å². The number of ether oxygens (including phenoxy) is 2. The van der Waals surface area contributed by atoms with Crippen LogP contribution in [0.3, 0.4) is 0 Å². The number of thioether (sulfide) groups is 1. The Balaban J connectivity index is 1.45. The van der Waals surface area contributed by atoms with Gasteiger partial charge in [0.05, 0.1) is 26.1 Å². The highest BCUT2D eigenvalue weighted by molar-refractivity contribution is 8.02. The number of carbonyl (C=O) groups excluding carboxylic acids is 1. The summed E-state index contributed by atoms with van der Waals surface area (Å²) in [5.41, 5.74) is 3.19. The van der Waals surface area contributed by atoms with Gasteiger partial charge < -0.3 is 19.3 Å². The Kier molecular flexibility index (Phi) is 15.7. The van der Waals surface area contributed by atoms with Crippen LogP contribution in [0.1, 0.15) is 108 Å². The molecule has 1 amide bonds. The third kappa shape index (κ3) is 12.0. The van der Waals surface area contributed by atoms with Crippen molar-refractivity contribution in [2.24, 2.45) is 0 Å². The van der Waals surface area contributed by atoms with Crippen LogP contribution in [0.2, 0.25) is 0 Å². The van der Waals surface area contributed by atoms with Crippen molar-refractivity contribution in [2.75, 3.05) is 24.5 Å². The fourth-order valence-electron chi connectivity index (χ4n) is 5.18. The topological polar surface area (TPSA) is 42.0 Å². The van der Waals surface area contributed by atoms with E-state index in [2.05, 4.69) is 47.7 Å². The predicted octanol–water partition coefficient (Wildman–Crippen LogP) is 9.70. The van der Waals surface area contributed by atoms with E-state index in [1.54, 1.807) is 7.11 Å². The van der Waals surface area contributed by atoms with E-state index in [9.17, 15) is 4.79 Å². The standard InChI is InChI=1S/C35H52N2O3S/c1-4-6-7-8-9-10-11-12-13-14-15-16-24-40-34-26-31(19-22-33(34)39-3)28-37(35(38)5-2)32-20-17-30(18-21-32)27-36-23-25-41-29-36/h17-23,25-26H,4-16,24,27-29H2,1-3H3. The summed E-state index contributed by atoms with van der Waals surface area (Å²) in [6, 6.07) is 14.4. The maximum absolute atomic E-state index is 12.9. The van der Waals surface area contributed by atoms with Crippen LogP contribution in [-0.4, -0.2) is 30.4 Å². The zero-order valence-electron chi connectivity index (χ0n) is 25.7. The van der Waals surface area contributed by atoms with Crippen molar-refractivity contribution in [3.63, 3.8) is 0 Å². The number of rotatable bonds is 21. The summed E-state index contributed by atoms with van der Waals surface area (Å²) in [7, 11) is 1.68. The second-order valence-electron chi connectivity index (χ2n) is 11.1. The average molecular weight is 581 g/mol. The summed E-state index contributed by atoms with van der Waals surface area (Å²) >= 11 is 1.81. The normalized spacial score (nSPS) is 12.6. The van der Waals surface area contributed by atoms with Crippen LogP contribution >= 0.6 is 11.8 Å². The van der Waals surface area contributed by atoms with Crippen molar-refractivity contribution >= 4 is 23.4 Å². The van der Waals surface area contributed by atoms with E-state index in [1.165, 1.54) is 76.2 Å². The van der Waals surface area contributed by atoms with Crippen LogP contribution in [0, 0.1) is 0 Å². The first-order valence-electron chi connectivity index (χ1n) is 15.9. The van der Waals surface area contributed by atoms with Crippen molar-refractivity contribution < 1.29 is 14.3 Å². The molecule has 0 radical (unpaired) electrons. The largest absolute Gasteiger partial charge is 0.493 e. The number of hydrogen-bond acceptors (Lipinski definition) is 5. The number of nitrogens with zero attached hydrogens (tertiary/aromatic N) is 2. The minimum Gasteiger partial charge on any atom is -0.493 e. The zero-order valence-corrected chi connectivity index (χ0v) is 26.6. The molecule has 0 fully saturated rings. The van der Waals surface area contributed by atoms with Crippen LogP contribution in [0.25, 0.3) is 0 Å². The lowest BCUT2D eigenvalue weighted by Gasteiger charge is -2.24. The molecule has 2 aromatic carbocycles. The second-order valence-corrected chi connectivity index (χ2v) is 11.9. The molecular formula is C35H52N2O3S. The summed E-state index contributed by atoms with van der Waals surface area (Å²) in [6.07, 6.45) is 18.5. The molecule has 0 unspecified atom stereocenters. The van der Waals surface area contributed by atoms with E-state index < -0.39 is 0 Å². The van der Waals surface area contributed by atoms with Gasteiger partial charge in [0.25, 0.3) is 0 Å². The molecule has 0 saturated heterocycles. The number of anilines is 1. The summed E-state index contributed by atoms with van der Waals surface area (Å²) in [6.45, 7) is 6.25. The van der Waals surface area contributed by atoms with Crippen LogP contribution in [0.5, 0.6) is 11.5 Å². The molecule has 2 aromatic rings. The van der Waals surface area contributed by atoms with E-state index in [1.807, 2.05) is 41.8 Å². The van der Waals surface area contributed by atoms with Crippen molar-refractivity contribution in [1.29, 1.82) is 0 Å². The molecule has 0 aliphatic carbocycles. The predicted molar refractivity (Wildman–Crippen MR) is 175 cm³/mol. The summed E-state index contributed by atoms with van der Waals surface area (Å²) in [5.74, 6) is 2.58. The van der Waals surface area contributed by atoms with Gasteiger partial charge in [-0.3, -0.25) is 4.79 Å². The molecule has 1 aliphatic heterocycles. The molecule has 41 heavy (non-hydrogen) atoms. The van der Waals surface area contributed by atoms with E-state index in [-0.39, 0.29) is 5.91 Å². The van der Waals surface area contributed by atoms with Crippen LogP contribution in [0.15, 0.2) is 54.1 Å².